The third-order valence-corrected chi connectivity index (χ3v) is 8.73. The molecule has 1 saturated carbocycles. The van der Waals surface area contributed by atoms with Gasteiger partial charge in [0.2, 0.25) is 10.0 Å². The van der Waals surface area contributed by atoms with Crippen molar-refractivity contribution in [3.8, 4) is 11.1 Å². The van der Waals surface area contributed by atoms with Crippen LogP contribution in [-0.4, -0.2) is 47.9 Å². The van der Waals surface area contributed by atoms with Gasteiger partial charge in [-0.1, -0.05) is 0 Å². The van der Waals surface area contributed by atoms with Crippen molar-refractivity contribution in [2.24, 2.45) is 18.4 Å². The van der Waals surface area contributed by atoms with Gasteiger partial charge in [0, 0.05) is 60.4 Å². The summed E-state index contributed by atoms with van der Waals surface area (Å²) in [6.07, 6.45) is 5.86. The summed E-state index contributed by atoms with van der Waals surface area (Å²) in [5, 5.41) is 10.2. The number of aryl methyl sites for hydroxylation is 1. The maximum atomic E-state index is 12.6. The summed E-state index contributed by atoms with van der Waals surface area (Å²) >= 11 is 0. The van der Waals surface area contributed by atoms with Crippen molar-refractivity contribution < 1.29 is 18.3 Å². The van der Waals surface area contributed by atoms with Gasteiger partial charge in [-0.3, -0.25) is 14.3 Å². The van der Waals surface area contributed by atoms with Gasteiger partial charge in [0.15, 0.2) is 0 Å². The Morgan fingerprint density at radius 1 is 1.24 bits per heavy atom. The molecule has 1 atom stereocenters. The second-order valence-corrected chi connectivity index (χ2v) is 11.4. The quantitative estimate of drug-likeness (QED) is 0.494. The van der Waals surface area contributed by atoms with E-state index in [0.29, 0.717) is 11.2 Å². The summed E-state index contributed by atoms with van der Waals surface area (Å²) in [6.45, 7) is 3.03. The molecule has 1 unspecified atom stereocenters. The highest BCUT2D eigenvalue weighted by Gasteiger charge is 2.58. The number of sulfonamides is 1. The number of aromatic nitrogens is 2. The first-order chi connectivity index (χ1) is 16.1. The molecule has 0 radical (unpaired) electrons. The molecular formula is C24H28N4O5S. The Bertz CT molecular complexity index is 1450. The maximum absolute atomic E-state index is 12.6. The van der Waals surface area contributed by atoms with E-state index in [1.807, 2.05) is 18.2 Å². The molecule has 2 fully saturated rings. The van der Waals surface area contributed by atoms with Crippen molar-refractivity contribution in [1.82, 2.24) is 9.55 Å². The van der Waals surface area contributed by atoms with Gasteiger partial charge in [0.05, 0.1) is 11.7 Å². The molecule has 1 aliphatic heterocycles. The van der Waals surface area contributed by atoms with Crippen LogP contribution in [0.15, 0.2) is 41.5 Å². The highest BCUT2D eigenvalue weighted by Crippen LogP contribution is 2.59. The molecule has 1 saturated heterocycles. The summed E-state index contributed by atoms with van der Waals surface area (Å²) in [5.41, 5.74) is 3.29. The highest BCUT2D eigenvalue weighted by atomic mass is 32.2. The Labute approximate surface area is 197 Å². The number of hydrogen-bond donors (Lipinski definition) is 3. The number of carboxylic acid groups (broad SMARTS) is 1. The molecule has 9 nitrogen and oxygen atoms in total. The number of pyridine rings is 1. The zero-order valence-corrected chi connectivity index (χ0v) is 20.0. The van der Waals surface area contributed by atoms with E-state index in [-0.39, 0.29) is 22.6 Å². The average molecular weight is 485 g/mol. The smallest absolute Gasteiger partial charge is 0.307 e. The lowest BCUT2D eigenvalue weighted by atomic mass is 9.89. The highest BCUT2D eigenvalue weighted by molar-refractivity contribution is 7.92. The van der Waals surface area contributed by atoms with Gasteiger partial charge >= 0.3 is 5.97 Å². The van der Waals surface area contributed by atoms with Crippen molar-refractivity contribution in [3.05, 3.63) is 47.0 Å². The fourth-order valence-electron chi connectivity index (χ4n) is 5.27. The van der Waals surface area contributed by atoms with Crippen LogP contribution in [0.25, 0.3) is 22.0 Å². The average Bonchev–Trinajstić information content (AvgIpc) is 3.28. The number of H-pyrrole nitrogens is 1. The number of nitrogens with one attached hydrogen (secondary N) is 2. The topological polar surface area (TPSA) is 124 Å². The molecule has 0 amide bonds. The van der Waals surface area contributed by atoms with Gasteiger partial charge in [-0.2, -0.15) is 0 Å². The van der Waals surface area contributed by atoms with E-state index in [2.05, 4.69) is 14.6 Å². The number of carboxylic acids is 1. The Balaban J connectivity index is 1.58. The summed E-state index contributed by atoms with van der Waals surface area (Å²) in [6, 6.07) is 7.33. The number of rotatable bonds is 6. The molecule has 2 aromatic heterocycles. The van der Waals surface area contributed by atoms with Crippen molar-refractivity contribution in [3.63, 3.8) is 0 Å². The Kier molecular flexibility index (Phi) is 5.23. The SMILES string of the molecule is CCS(=O)(=O)Nc1ccc(N2CCC3(CC2)CC3C(=O)O)c(-c2cn(C)c(=O)c3[nH]ccc23)c1. The fourth-order valence-corrected chi connectivity index (χ4v) is 5.90. The van der Waals surface area contributed by atoms with E-state index in [0.717, 1.165) is 54.6 Å². The molecule has 3 aromatic rings. The number of aliphatic carboxylic acids is 1. The van der Waals surface area contributed by atoms with Crippen molar-refractivity contribution >= 4 is 38.3 Å². The summed E-state index contributed by atoms with van der Waals surface area (Å²) in [7, 11) is -1.76. The van der Waals surface area contributed by atoms with Crippen LogP contribution in [0.5, 0.6) is 0 Å². The van der Waals surface area contributed by atoms with Gasteiger partial charge in [-0.25, -0.2) is 8.42 Å². The summed E-state index contributed by atoms with van der Waals surface area (Å²) in [4.78, 5) is 29.3. The first-order valence-electron chi connectivity index (χ1n) is 11.4. The van der Waals surface area contributed by atoms with Crippen LogP contribution in [0, 0.1) is 11.3 Å². The van der Waals surface area contributed by atoms with Crippen LogP contribution in [0.4, 0.5) is 11.4 Å². The molecule has 180 valence electrons. The lowest BCUT2D eigenvalue weighted by molar-refractivity contribution is -0.139. The van der Waals surface area contributed by atoms with Crippen LogP contribution < -0.4 is 15.2 Å². The van der Waals surface area contributed by atoms with Crippen LogP contribution >= 0.6 is 0 Å². The van der Waals surface area contributed by atoms with E-state index >= 15 is 0 Å². The van der Waals surface area contributed by atoms with Crippen molar-refractivity contribution in [2.75, 3.05) is 28.5 Å². The van der Waals surface area contributed by atoms with E-state index in [9.17, 15) is 23.1 Å². The largest absolute Gasteiger partial charge is 0.481 e. The van der Waals surface area contributed by atoms with Crippen molar-refractivity contribution in [1.29, 1.82) is 0 Å². The Morgan fingerprint density at radius 3 is 2.62 bits per heavy atom. The molecule has 10 heteroatoms. The zero-order valence-electron chi connectivity index (χ0n) is 19.2. The lowest BCUT2D eigenvalue weighted by Crippen LogP contribution is -2.36. The van der Waals surface area contributed by atoms with Crippen LogP contribution in [0.2, 0.25) is 0 Å². The third kappa shape index (κ3) is 3.75. The molecule has 3 heterocycles. The fraction of sp³-hybridized carbons (Fsp3) is 0.417. The summed E-state index contributed by atoms with van der Waals surface area (Å²) < 4.78 is 28.6. The molecule has 0 bridgehead atoms. The first kappa shape index (κ1) is 22.5. The van der Waals surface area contributed by atoms with E-state index in [1.54, 1.807) is 32.4 Å². The molecule has 3 N–H and O–H groups in total. The first-order valence-corrected chi connectivity index (χ1v) is 13.1. The molecular weight excluding hydrogens is 456 g/mol. The monoisotopic (exact) mass is 484 g/mol. The van der Waals surface area contributed by atoms with Crippen molar-refractivity contribution in [2.45, 2.75) is 26.2 Å². The van der Waals surface area contributed by atoms with Gasteiger partial charge < -0.3 is 19.6 Å². The molecule has 5 rings (SSSR count). The number of carbonyl (C=O) groups is 1. The molecule has 34 heavy (non-hydrogen) atoms. The van der Waals surface area contributed by atoms with E-state index in [4.69, 9.17) is 0 Å². The van der Waals surface area contributed by atoms with Gasteiger partial charge in [0.1, 0.15) is 5.52 Å². The number of fused-ring (bicyclic) bond motifs is 1. The van der Waals surface area contributed by atoms with Crippen LogP contribution in [-0.2, 0) is 21.9 Å². The summed E-state index contributed by atoms with van der Waals surface area (Å²) in [5.74, 6) is -0.991. The Morgan fingerprint density at radius 2 is 1.97 bits per heavy atom. The predicted molar refractivity (Wildman–Crippen MR) is 132 cm³/mol. The van der Waals surface area contributed by atoms with Gasteiger partial charge in [-0.05, 0) is 55.9 Å². The van der Waals surface area contributed by atoms with Crippen LogP contribution in [0.1, 0.15) is 26.2 Å². The van der Waals surface area contributed by atoms with E-state index in [1.165, 1.54) is 4.57 Å². The molecule has 2 aliphatic rings. The second-order valence-electron chi connectivity index (χ2n) is 9.41. The number of aromatic amines is 1. The minimum atomic E-state index is -3.46. The molecule has 1 spiro atoms. The minimum absolute atomic E-state index is 0.0368. The number of piperidine rings is 1. The van der Waals surface area contributed by atoms with Gasteiger partial charge in [-0.15, -0.1) is 0 Å². The number of hydrogen-bond acceptors (Lipinski definition) is 5. The molecule has 1 aromatic carbocycles. The number of nitrogens with zero attached hydrogens (tertiary/aromatic N) is 2. The van der Waals surface area contributed by atoms with E-state index < -0.39 is 16.0 Å². The number of benzene rings is 1. The van der Waals surface area contributed by atoms with Gasteiger partial charge in [0.25, 0.3) is 5.56 Å². The predicted octanol–water partition coefficient (Wildman–Crippen LogP) is 2.99. The lowest BCUT2D eigenvalue weighted by Gasteiger charge is -2.35. The minimum Gasteiger partial charge on any atom is -0.481 e. The van der Waals surface area contributed by atoms with Crippen LogP contribution in [0.3, 0.4) is 0 Å². The maximum Gasteiger partial charge on any atom is 0.307 e. The zero-order chi connectivity index (χ0) is 24.3. The normalized spacial score (nSPS) is 19.5. The standard InChI is InChI=1S/C24H28N4O5S/c1-3-34(32,33)26-15-4-5-20(28-10-7-24(8-11-28)13-19(24)23(30)31)17(12-15)18-14-27(2)22(29)21-16(18)6-9-25-21/h4-6,9,12,14,19,25-26H,3,7-8,10-11,13H2,1-2H3,(H,30,31). The molecule has 1 aliphatic carbocycles. The number of anilines is 2. The third-order valence-electron chi connectivity index (χ3n) is 7.42. The Hall–Kier alpha value is -3.27. The second kappa shape index (κ2) is 7.90.